The lowest BCUT2D eigenvalue weighted by Crippen LogP contribution is -2.48. The number of halogens is 3. The predicted molar refractivity (Wildman–Crippen MR) is 125 cm³/mol. The molecule has 0 radical (unpaired) electrons. The van der Waals surface area contributed by atoms with E-state index in [4.69, 9.17) is 0 Å². The third-order valence-corrected chi connectivity index (χ3v) is 9.40. The van der Waals surface area contributed by atoms with Gasteiger partial charge in [-0.15, -0.1) is 0 Å². The molecule has 3 aliphatic rings. The number of nitrogens with zero attached hydrogens (tertiary/aromatic N) is 4. The first-order valence-electron chi connectivity index (χ1n) is 11.9. The molecule has 2 saturated carbocycles. The summed E-state index contributed by atoms with van der Waals surface area (Å²) in [5.41, 5.74) is -0.807. The topological polar surface area (TPSA) is 108 Å². The molecule has 2 heterocycles. The number of hydrogen-bond acceptors (Lipinski definition) is 6. The summed E-state index contributed by atoms with van der Waals surface area (Å²) in [6.45, 7) is 1.77. The predicted octanol–water partition coefficient (Wildman–Crippen LogP) is 3.14. The van der Waals surface area contributed by atoms with Crippen LogP contribution in [0.3, 0.4) is 0 Å². The number of amides is 1. The van der Waals surface area contributed by atoms with Gasteiger partial charge >= 0.3 is 6.18 Å². The molecular weight excluding hydrogens is 495 g/mol. The van der Waals surface area contributed by atoms with Crippen LogP contribution < -0.4 is 10.2 Å². The lowest BCUT2D eigenvalue weighted by molar-refractivity contribution is -0.137. The number of aromatic nitrogens is 2. The van der Waals surface area contributed by atoms with Crippen LogP contribution in [0.25, 0.3) is 5.69 Å². The van der Waals surface area contributed by atoms with E-state index in [0.717, 1.165) is 25.0 Å². The zero-order valence-corrected chi connectivity index (χ0v) is 20.4. The molecule has 1 saturated heterocycles. The van der Waals surface area contributed by atoms with E-state index in [1.807, 2.05) is 0 Å². The molecule has 1 aromatic heterocycles. The van der Waals surface area contributed by atoms with E-state index in [2.05, 4.69) is 16.5 Å². The van der Waals surface area contributed by atoms with Crippen molar-refractivity contribution in [2.24, 2.45) is 5.92 Å². The molecule has 1 amide bonds. The van der Waals surface area contributed by atoms with Crippen molar-refractivity contribution in [3.63, 3.8) is 0 Å². The normalized spacial score (nSPS) is 23.4. The number of alkyl halides is 3. The van der Waals surface area contributed by atoms with Crippen molar-refractivity contribution in [3.8, 4) is 11.8 Å². The standard InChI is InChI=1S/C24H26F3N5O3S/c1-15-10-21(32(30-15)18-6-4-17(5-7-18)24(25,26)27)31-12-19(36(34,35)13-16-2-3-16)11-20(31)22(33)29-23(14-28)8-9-23/h4-7,10,16,19-20H,2-3,8-9,11-13H2,1H3,(H,29,33)/t19-,20+/m1/s1. The molecule has 0 unspecified atom stereocenters. The van der Waals surface area contributed by atoms with E-state index in [1.54, 1.807) is 17.9 Å². The highest BCUT2D eigenvalue weighted by Crippen LogP contribution is 2.38. The number of hydrogen-bond donors (Lipinski definition) is 1. The fourth-order valence-corrected chi connectivity index (χ4v) is 6.82. The Balaban J connectivity index is 1.49. The number of carbonyl (C=O) groups excluding carboxylic acids is 1. The minimum absolute atomic E-state index is 0.0540. The highest BCUT2D eigenvalue weighted by atomic mass is 32.2. The van der Waals surface area contributed by atoms with Crippen LogP contribution in [0.15, 0.2) is 30.3 Å². The van der Waals surface area contributed by atoms with Gasteiger partial charge in [0.15, 0.2) is 9.84 Å². The zero-order chi connectivity index (χ0) is 25.9. The van der Waals surface area contributed by atoms with Crippen molar-refractivity contribution < 1.29 is 26.4 Å². The summed E-state index contributed by atoms with van der Waals surface area (Å²) in [6, 6.07) is 7.44. The largest absolute Gasteiger partial charge is 0.416 e. The summed E-state index contributed by atoms with van der Waals surface area (Å²) < 4.78 is 66.9. The molecule has 12 heteroatoms. The molecule has 192 valence electrons. The molecule has 3 fully saturated rings. The molecule has 2 atom stereocenters. The van der Waals surface area contributed by atoms with Gasteiger partial charge in [0.1, 0.15) is 17.4 Å². The van der Waals surface area contributed by atoms with E-state index < -0.39 is 44.3 Å². The molecule has 0 spiro atoms. The summed E-state index contributed by atoms with van der Waals surface area (Å²) in [4.78, 5) is 15.0. The summed E-state index contributed by atoms with van der Waals surface area (Å²) >= 11 is 0. The second kappa shape index (κ2) is 8.50. The first-order valence-corrected chi connectivity index (χ1v) is 13.6. The van der Waals surface area contributed by atoms with E-state index in [0.29, 0.717) is 30.0 Å². The summed E-state index contributed by atoms with van der Waals surface area (Å²) in [5.74, 6) is 0.220. The van der Waals surface area contributed by atoms with Gasteiger partial charge in [-0.05, 0) is 69.2 Å². The fraction of sp³-hybridized carbons (Fsp3) is 0.542. The zero-order valence-electron chi connectivity index (χ0n) is 19.6. The third kappa shape index (κ3) is 4.81. The van der Waals surface area contributed by atoms with Crippen LogP contribution in [0.2, 0.25) is 0 Å². The highest BCUT2D eigenvalue weighted by molar-refractivity contribution is 7.92. The molecule has 2 aliphatic carbocycles. The molecule has 36 heavy (non-hydrogen) atoms. The second-order valence-corrected chi connectivity index (χ2v) is 12.4. The molecule has 1 aromatic carbocycles. The second-order valence-electron chi connectivity index (χ2n) is 10.1. The van der Waals surface area contributed by atoms with Crippen LogP contribution in [0, 0.1) is 24.2 Å². The number of nitriles is 1. The molecule has 5 rings (SSSR count). The maximum Gasteiger partial charge on any atom is 0.416 e. The maximum atomic E-state index is 13.3. The number of benzene rings is 1. The van der Waals surface area contributed by atoms with Crippen molar-refractivity contribution in [3.05, 3.63) is 41.6 Å². The SMILES string of the molecule is Cc1cc(N2C[C@H](S(=O)(=O)CC3CC3)C[C@H]2C(=O)NC2(C#N)CC2)n(-c2ccc(C(F)(F)F)cc2)n1. The van der Waals surface area contributed by atoms with Gasteiger partial charge in [-0.25, -0.2) is 13.1 Å². The Kier molecular flexibility index (Phi) is 5.82. The Bertz CT molecular complexity index is 1320. The Morgan fingerprint density at radius 2 is 1.92 bits per heavy atom. The van der Waals surface area contributed by atoms with E-state index in [1.165, 1.54) is 16.8 Å². The number of anilines is 1. The van der Waals surface area contributed by atoms with Gasteiger partial charge in [0.25, 0.3) is 0 Å². The highest BCUT2D eigenvalue weighted by Gasteiger charge is 2.50. The van der Waals surface area contributed by atoms with Crippen molar-refractivity contribution >= 4 is 21.6 Å². The number of nitrogens with one attached hydrogen (secondary N) is 1. The molecular formula is C24H26F3N5O3S. The van der Waals surface area contributed by atoms with Gasteiger partial charge in [-0.3, -0.25) is 4.79 Å². The van der Waals surface area contributed by atoms with Gasteiger partial charge in [0.05, 0.1) is 34.0 Å². The van der Waals surface area contributed by atoms with Crippen molar-refractivity contribution in [2.45, 2.75) is 62.0 Å². The minimum Gasteiger partial charge on any atom is -0.343 e. The van der Waals surface area contributed by atoms with Crippen LogP contribution in [0.5, 0.6) is 0 Å². The summed E-state index contributed by atoms with van der Waals surface area (Å²) in [7, 11) is -3.47. The van der Waals surface area contributed by atoms with Crippen LogP contribution in [-0.4, -0.2) is 53.2 Å². The van der Waals surface area contributed by atoms with Crippen LogP contribution in [0.1, 0.15) is 43.4 Å². The van der Waals surface area contributed by atoms with E-state index in [9.17, 15) is 31.6 Å². The molecule has 1 aliphatic heterocycles. The van der Waals surface area contributed by atoms with Crippen molar-refractivity contribution in [1.29, 1.82) is 5.26 Å². The Morgan fingerprint density at radius 1 is 1.25 bits per heavy atom. The van der Waals surface area contributed by atoms with Crippen LogP contribution in [0.4, 0.5) is 19.0 Å². The quantitative estimate of drug-likeness (QED) is 0.600. The van der Waals surface area contributed by atoms with Crippen LogP contribution in [-0.2, 0) is 20.8 Å². The van der Waals surface area contributed by atoms with Gasteiger partial charge < -0.3 is 10.2 Å². The number of sulfone groups is 1. The van der Waals surface area contributed by atoms with E-state index in [-0.39, 0.29) is 24.6 Å². The van der Waals surface area contributed by atoms with Gasteiger partial charge in [0.2, 0.25) is 5.91 Å². The molecule has 2 aromatic rings. The van der Waals surface area contributed by atoms with E-state index >= 15 is 0 Å². The van der Waals surface area contributed by atoms with Crippen molar-refractivity contribution in [1.82, 2.24) is 15.1 Å². The van der Waals surface area contributed by atoms with Crippen molar-refractivity contribution in [2.75, 3.05) is 17.2 Å². The van der Waals surface area contributed by atoms with Gasteiger partial charge in [-0.2, -0.15) is 23.5 Å². The van der Waals surface area contributed by atoms with Gasteiger partial charge in [0, 0.05) is 12.6 Å². The molecule has 8 nitrogen and oxygen atoms in total. The smallest absolute Gasteiger partial charge is 0.343 e. The average molecular weight is 522 g/mol. The average Bonchev–Trinajstić information content (AvgIpc) is 3.70. The lowest BCUT2D eigenvalue weighted by atomic mass is 10.1. The van der Waals surface area contributed by atoms with Crippen LogP contribution >= 0.6 is 0 Å². The maximum absolute atomic E-state index is 13.3. The summed E-state index contributed by atoms with van der Waals surface area (Å²) in [6.07, 6.45) is -1.59. The monoisotopic (exact) mass is 521 g/mol. The number of rotatable bonds is 7. The first kappa shape index (κ1) is 24.6. The lowest BCUT2D eigenvalue weighted by Gasteiger charge is -2.27. The fourth-order valence-electron chi connectivity index (χ4n) is 4.69. The first-order chi connectivity index (χ1) is 16.9. The molecule has 0 bridgehead atoms. The number of aryl methyl sites for hydroxylation is 1. The Labute approximate surface area is 207 Å². The third-order valence-electron chi connectivity index (χ3n) is 7.11. The van der Waals surface area contributed by atoms with Gasteiger partial charge in [-0.1, -0.05) is 0 Å². The Morgan fingerprint density at radius 3 is 2.47 bits per heavy atom. The number of carbonyl (C=O) groups is 1. The molecule has 1 N–H and O–H groups in total. The summed E-state index contributed by atoms with van der Waals surface area (Å²) in [5, 5.41) is 15.9. The minimum atomic E-state index is -4.48. The Hall–Kier alpha value is -3.07.